The van der Waals surface area contributed by atoms with E-state index in [0.717, 1.165) is 21.5 Å². The van der Waals surface area contributed by atoms with Crippen molar-refractivity contribution in [2.24, 2.45) is 0 Å². The van der Waals surface area contributed by atoms with Crippen molar-refractivity contribution in [3.63, 3.8) is 0 Å². The summed E-state index contributed by atoms with van der Waals surface area (Å²) in [4.78, 5) is 12.0. The van der Waals surface area contributed by atoms with Crippen LogP contribution in [-0.4, -0.2) is 19.1 Å². The summed E-state index contributed by atoms with van der Waals surface area (Å²) in [6.07, 6.45) is 5.53. The van der Waals surface area contributed by atoms with Crippen molar-refractivity contribution in [2.75, 3.05) is 7.11 Å². The third-order valence-corrected chi connectivity index (χ3v) is 3.58. The van der Waals surface area contributed by atoms with Crippen molar-refractivity contribution in [1.29, 1.82) is 0 Å². The van der Waals surface area contributed by atoms with E-state index in [1.54, 1.807) is 19.4 Å². The van der Waals surface area contributed by atoms with Gasteiger partial charge in [0.05, 0.1) is 13.4 Å². The number of rotatable bonds is 6. The zero-order valence-electron chi connectivity index (χ0n) is 12.5. The van der Waals surface area contributed by atoms with Crippen molar-refractivity contribution in [3.8, 4) is 5.75 Å². The number of benzene rings is 1. The molecule has 0 fully saturated rings. The SMILES string of the molecule is COc1ccc(Br)cc1/C=C/C(=O)NC(C)Cc1ccco1. The van der Waals surface area contributed by atoms with Gasteiger partial charge in [-0.05, 0) is 43.3 Å². The van der Waals surface area contributed by atoms with Gasteiger partial charge in [-0.15, -0.1) is 0 Å². The molecule has 2 rings (SSSR count). The number of hydrogen-bond acceptors (Lipinski definition) is 3. The van der Waals surface area contributed by atoms with Crippen LogP contribution in [0.25, 0.3) is 6.08 Å². The molecule has 1 aromatic heterocycles. The summed E-state index contributed by atoms with van der Waals surface area (Å²) < 4.78 is 11.5. The van der Waals surface area contributed by atoms with E-state index in [1.165, 1.54) is 6.08 Å². The predicted molar refractivity (Wildman–Crippen MR) is 89.7 cm³/mol. The highest BCUT2D eigenvalue weighted by Gasteiger charge is 2.08. The van der Waals surface area contributed by atoms with Gasteiger partial charge in [0.1, 0.15) is 11.5 Å². The number of ether oxygens (including phenoxy) is 1. The summed E-state index contributed by atoms with van der Waals surface area (Å²) >= 11 is 3.41. The summed E-state index contributed by atoms with van der Waals surface area (Å²) in [6, 6.07) is 9.36. The van der Waals surface area contributed by atoms with E-state index in [4.69, 9.17) is 9.15 Å². The molecule has 2 aromatic rings. The minimum absolute atomic E-state index is 0.00675. The van der Waals surface area contributed by atoms with Crippen LogP contribution in [0.1, 0.15) is 18.2 Å². The molecule has 116 valence electrons. The maximum Gasteiger partial charge on any atom is 0.244 e. The van der Waals surface area contributed by atoms with E-state index in [2.05, 4.69) is 21.2 Å². The first-order valence-corrected chi connectivity index (χ1v) is 7.72. The van der Waals surface area contributed by atoms with Crippen LogP contribution in [0, 0.1) is 0 Å². The molecule has 0 aliphatic carbocycles. The zero-order valence-corrected chi connectivity index (χ0v) is 14.1. The quantitative estimate of drug-likeness (QED) is 0.793. The Morgan fingerprint density at radius 2 is 2.27 bits per heavy atom. The fraction of sp³-hybridized carbons (Fsp3) is 0.235. The number of nitrogens with one attached hydrogen (secondary N) is 1. The Balaban J connectivity index is 1.95. The fourth-order valence-electron chi connectivity index (χ4n) is 2.07. The molecule has 0 aliphatic heterocycles. The largest absolute Gasteiger partial charge is 0.496 e. The minimum Gasteiger partial charge on any atom is -0.496 e. The first-order valence-electron chi connectivity index (χ1n) is 6.93. The lowest BCUT2D eigenvalue weighted by atomic mass is 10.1. The van der Waals surface area contributed by atoms with Crippen molar-refractivity contribution >= 4 is 27.9 Å². The lowest BCUT2D eigenvalue weighted by molar-refractivity contribution is -0.117. The second-order valence-corrected chi connectivity index (χ2v) is 5.83. The van der Waals surface area contributed by atoms with Crippen LogP contribution in [0.2, 0.25) is 0 Å². The lowest BCUT2D eigenvalue weighted by Gasteiger charge is -2.10. The average Bonchev–Trinajstić information content (AvgIpc) is 2.98. The number of methoxy groups -OCH3 is 1. The Morgan fingerprint density at radius 3 is 2.95 bits per heavy atom. The summed E-state index contributed by atoms with van der Waals surface area (Å²) in [5, 5.41) is 2.90. The molecule has 0 bridgehead atoms. The van der Waals surface area contributed by atoms with Crippen LogP contribution in [-0.2, 0) is 11.2 Å². The Hall–Kier alpha value is -2.01. The van der Waals surface area contributed by atoms with Gasteiger partial charge < -0.3 is 14.5 Å². The maximum atomic E-state index is 12.0. The average molecular weight is 364 g/mol. The first-order chi connectivity index (χ1) is 10.6. The number of furan rings is 1. The van der Waals surface area contributed by atoms with Gasteiger partial charge in [-0.1, -0.05) is 15.9 Å². The van der Waals surface area contributed by atoms with Crippen LogP contribution in [0.15, 0.2) is 51.6 Å². The van der Waals surface area contributed by atoms with Crippen LogP contribution >= 0.6 is 15.9 Å². The number of hydrogen-bond donors (Lipinski definition) is 1. The van der Waals surface area contributed by atoms with Gasteiger partial charge in [0.2, 0.25) is 5.91 Å². The van der Waals surface area contributed by atoms with E-state index >= 15 is 0 Å². The van der Waals surface area contributed by atoms with Gasteiger partial charge in [0, 0.05) is 28.6 Å². The van der Waals surface area contributed by atoms with Crippen molar-refractivity contribution < 1.29 is 13.9 Å². The number of halogens is 1. The summed E-state index contributed by atoms with van der Waals surface area (Å²) in [7, 11) is 1.60. The highest BCUT2D eigenvalue weighted by Crippen LogP contribution is 2.24. The molecule has 0 aliphatic rings. The predicted octanol–water partition coefficient (Wildman–Crippen LogP) is 3.81. The van der Waals surface area contributed by atoms with Crippen LogP contribution in [0.4, 0.5) is 0 Å². The van der Waals surface area contributed by atoms with Gasteiger partial charge >= 0.3 is 0 Å². The molecule has 1 N–H and O–H groups in total. The normalized spacial score (nSPS) is 12.3. The molecule has 0 radical (unpaired) electrons. The van der Waals surface area contributed by atoms with Gasteiger partial charge in [-0.2, -0.15) is 0 Å². The maximum absolute atomic E-state index is 12.0. The van der Waals surface area contributed by atoms with Gasteiger partial charge in [0.15, 0.2) is 0 Å². The molecule has 1 unspecified atom stereocenters. The Morgan fingerprint density at radius 1 is 1.45 bits per heavy atom. The van der Waals surface area contributed by atoms with Gasteiger partial charge in [-0.25, -0.2) is 0 Å². The van der Waals surface area contributed by atoms with Crippen molar-refractivity contribution in [1.82, 2.24) is 5.32 Å². The molecular weight excluding hydrogens is 346 g/mol. The number of amides is 1. The van der Waals surface area contributed by atoms with Crippen LogP contribution in [0.3, 0.4) is 0 Å². The summed E-state index contributed by atoms with van der Waals surface area (Å²) in [5.74, 6) is 1.42. The van der Waals surface area contributed by atoms with Crippen molar-refractivity contribution in [3.05, 3.63) is 58.5 Å². The van der Waals surface area contributed by atoms with E-state index in [9.17, 15) is 4.79 Å². The molecular formula is C17H18BrNO3. The fourth-order valence-corrected chi connectivity index (χ4v) is 2.45. The number of carbonyl (C=O) groups excluding carboxylic acids is 1. The Bertz CT molecular complexity index is 650. The monoisotopic (exact) mass is 363 g/mol. The third-order valence-electron chi connectivity index (χ3n) is 3.08. The first kappa shape index (κ1) is 16.4. The highest BCUT2D eigenvalue weighted by atomic mass is 79.9. The molecule has 1 atom stereocenters. The molecule has 1 heterocycles. The molecule has 0 saturated carbocycles. The van der Waals surface area contributed by atoms with E-state index < -0.39 is 0 Å². The molecule has 0 saturated heterocycles. The molecule has 0 spiro atoms. The second-order valence-electron chi connectivity index (χ2n) is 4.91. The van der Waals surface area contributed by atoms with Crippen LogP contribution in [0.5, 0.6) is 5.75 Å². The topological polar surface area (TPSA) is 51.5 Å². The third kappa shape index (κ3) is 4.77. The minimum atomic E-state index is -0.152. The van der Waals surface area contributed by atoms with E-state index in [1.807, 2.05) is 37.3 Å². The molecule has 5 heteroatoms. The van der Waals surface area contributed by atoms with E-state index in [-0.39, 0.29) is 11.9 Å². The smallest absolute Gasteiger partial charge is 0.244 e. The standard InChI is InChI=1S/C17H18BrNO3/c1-12(10-15-4-3-9-22-15)19-17(20)8-5-13-11-14(18)6-7-16(13)21-2/h3-9,11-12H,10H2,1-2H3,(H,19,20)/b8-5+. The summed E-state index contributed by atoms with van der Waals surface area (Å²) in [5.41, 5.74) is 0.839. The van der Waals surface area contributed by atoms with Crippen LogP contribution < -0.4 is 10.1 Å². The van der Waals surface area contributed by atoms with Crippen molar-refractivity contribution in [2.45, 2.75) is 19.4 Å². The summed E-state index contributed by atoms with van der Waals surface area (Å²) in [6.45, 7) is 1.94. The highest BCUT2D eigenvalue weighted by molar-refractivity contribution is 9.10. The molecule has 1 aromatic carbocycles. The van der Waals surface area contributed by atoms with Gasteiger partial charge in [-0.3, -0.25) is 4.79 Å². The second kappa shape index (κ2) is 7.84. The Kier molecular flexibility index (Phi) is 5.83. The number of carbonyl (C=O) groups is 1. The molecule has 22 heavy (non-hydrogen) atoms. The van der Waals surface area contributed by atoms with Gasteiger partial charge in [0.25, 0.3) is 0 Å². The molecule has 1 amide bonds. The molecule has 4 nitrogen and oxygen atoms in total. The lowest BCUT2D eigenvalue weighted by Crippen LogP contribution is -2.32. The van der Waals surface area contributed by atoms with E-state index in [0.29, 0.717) is 6.42 Å². The Labute approximate surface area is 138 Å². The zero-order chi connectivity index (χ0) is 15.9.